The van der Waals surface area contributed by atoms with Crippen LogP contribution in [-0.4, -0.2) is 13.1 Å². The largest absolute Gasteiger partial charge is 0.469 e. The first-order chi connectivity index (χ1) is 7.36. The Balaban J connectivity index is 3.17. The molecule has 0 spiro atoms. The second-order valence-corrected chi connectivity index (χ2v) is 5.31. The minimum Gasteiger partial charge on any atom is -0.469 e. The molecule has 1 rings (SSSR count). The highest BCUT2D eigenvalue weighted by atomic mass is 35.5. The van der Waals surface area contributed by atoms with E-state index in [0.717, 1.165) is 5.56 Å². The van der Waals surface area contributed by atoms with Crippen LogP contribution in [0.5, 0.6) is 0 Å². The second kappa shape index (κ2) is 4.88. The summed E-state index contributed by atoms with van der Waals surface area (Å²) < 4.78 is 4.85. The van der Waals surface area contributed by atoms with Gasteiger partial charge in [0.1, 0.15) is 0 Å². The number of hydrogen-bond donors (Lipinski definition) is 0. The Hall–Kier alpha value is -1.02. The lowest BCUT2D eigenvalue weighted by Crippen LogP contribution is -2.27. The van der Waals surface area contributed by atoms with Crippen molar-refractivity contribution >= 4 is 17.6 Å². The monoisotopic (exact) mass is 240 g/mol. The zero-order valence-corrected chi connectivity index (χ0v) is 10.8. The van der Waals surface area contributed by atoms with Crippen LogP contribution in [0.1, 0.15) is 32.3 Å². The first-order valence-electron chi connectivity index (χ1n) is 5.19. The fourth-order valence-corrected chi connectivity index (χ4v) is 1.99. The van der Waals surface area contributed by atoms with Crippen LogP contribution in [0.4, 0.5) is 0 Å². The Kier molecular flexibility index (Phi) is 3.98. The molecule has 0 amide bonds. The van der Waals surface area contributed by atoms with Crippen LogP contribution >= 0.6 is 11.6 Å². The molecular weight excluding hydrogens is 224 g/mol. The fourth-order valence-electron chi connectivity index (χ4n) is 1.79. The van der Waals surface area contributed by atoms with E-state index in [9.17, 15) is 4.79 Å². The first-order valence-corrected chi connectivity index (χ1v) is 5.57. The Bertz CT molecular complexity index is 380. The van der Waals surface area contributed by atoms with E-state index in [-0.39, 0.29) is 17.3 Å². The summed E-state index contributed by atoms with van der Waals surface area (Å²) in [5.74, 6) is -0.522. The highest BCUT2D eigenvalue weighted by Crippen LogP contribution is 2.36. The summed E-state index contributed by atoms with van der Waals surface area (Å²) in [7, 11) is 1.41. The zero-order valence-electron chi connectivity index (χ0n) is 10.1. The minimum atomic E-state index is -0.295. The summed E-state index contributed by atoms with van der Waals surface area (Å²) in [6.45, 7) is 6.03. The number of hydrogen-bond acceptors (Lipinski definition) is 2. The van der Waals surface area contributed by atoms with E-state index in [1.54, 1.807) is 6.07 Å². The van der Waals surface area contributed by atoms with Gasteiger partial charge >= 0.3 is 5.97 Å². The van der Waals surface area contributed by atoms with Crippen molar-refractivity contribution in [3.05, 3.63) is 34.9 Å². The molecule has 0 saturated heterocycles. The number of benzene rings is 1. The normalized spacial score (nSPS) is 13.3. The van der Waals surface area contributed by atoms with Crippen LogP contribution in [0.15, 0.2) is 24.3 Å². The van der Waals surface area contributed by atoms with Gasteiger partial charge in [0.25, 0.3) is 0 Å². The van der Waals surface area contributed by atoms with Crippen LogP contribution < -0.4 is 0 Å². The van der Waals surface area contributed by atoms with Crippen molar-refractivity contribution in [1.82, 2.24) is 0 Å². The lowest BCUT2D eigenvalue weighted by Gasteiger charge is -2.28. The van der Waals surface area contributed by atoms with Crippen LogP contribution in [0.3, 0.4) is 0 Å². The van der Waals surface area contributed by atoms with Gasteiger partial charge in [-0.2, -0.15) is 0 Å². The molecule has 16 heavy (non-hydrogen) atoms. The molecule has 0 N–H and O–H groups in total. The van der Waals surface area contributed by atoms with Crippen molar-refractivity contribution in [3.63, 3.8) is 0 Å². The molecular formula is C13H17ClO2. The van der Waals surface area contributed by atoms with Gasteiger partial charge in [-0.1, -0.05) is 44.5 Å². The summed E-state index contributed by atoms with van der Waals surface area (Å²) in [6.07, 6.45) is 0. The molecule has 0 radical (unpaired) electrons. The molecule has 88 valence electrons. The lowest BCUT2D eigenvalue weighted by molar-refractivity contribution is -0.145. The van der Waals surface area contributed by atoms with E-state index in [4.69, 9.17) is 16.3 Å². The van der Waals surface area contributed by atoms with Crippen molar-refractivity contribution in [2.24, 2.45) is 5.41 Å². The van der Waals surface area contributed by atoms with E-state index in [1.165, 1.54) is 7.11 Å². The Morgan fingerprint density at radius 2 is 2.00 bits per heavy atom. The fraction of sp³-hybridized carbons (Fsp3) is 0.462. The first kappa shape index (κ1) is 13.0. The molecule has 1 unspecified atom stereocenters. The quantitative estimate of drug-likeness (QED) is 0.738. The molecule has 0 fully saturated rings. The molecule has 2 nitrogen and oxygen atoms in total. The third-order valence-corrected chi connectivity index (χ3v) is 2.72. The summed E-state index contributed by atoms with van der Waals surface area (Å²) in [5, 5.41) is 0.635. The number of halogens is 1. The van der Waals surface area contributed by atoms with Gasteiger partial charge < -0.3 is 4.74 Å². The molecule has 0 aliphatic heterocycles. The third kappa shape index (κ3) is 2.99. The summed E-state index contributed by atoms with van der Waals surface area (Å²) in [6, 6.07) is 7.36. The van der Waals surface area contributed by atoms with Gasteiger partial charge in [-0.15, -0.1) is 0 Å². The average molecular weight is 241 g/mol. The van der Waals surface area contributed by atoms with Crippen molar-refractivity contribution in [2.45, 2.75) is 26.7 Å². The molecule has 0 aliphatic rings. The average Bonchev–Trinajstić information content (AvgIpc) is 2.15. The number of ether oxygens (including phenoxy) is 1. The summed E-state index contributed by atoms with van der Waals surface area (Å²) in [4.78, 5) is 11.8. The van der Waals surface area contributed by atoms with Crippen LogP contribution in [0, 0.1) is 5.41 Å². The van der Waals surface area contributed by atoms with Crippen molar-refractivity contribution < 1.29 is 9.53 Å². The molecule has 0 bridgehead atoms. The van der Waals surface area contributed by atoms with Crippen molar-refractivity contribution in [2.75, 3.05) is 7.11 Å². The van der Waals surface area contributed by atoms with Crippen molar-refractivity contribution in [3.8, 4) is 0 Å². The van der Waals surface area contributed by atoms with E-state index in [2.05, 4.69) is 0 Å². The van der Waals surface area contributed by atoms with E-state index >= 15 is 0 Å². The summed E-state index contributed by atoms with van der Waals surface area (Å²) >= 11 is 5.93. The number of esters is 1. The van der Waals surface area contributed by atoms with E-state index < -0.39 is 0 Å². The molecule has 0 saturated carbocycles. The molecule has 1 atom stereocenters. The van der Waals surface area contributed by atoms with Gasteiger partial charge in [0, 0.05) is 5.02 Å². The maximum absolute atomic E-state index is 11.8. The van der Waals surface area contributed by atoms with Crippen LogP contribution in [0.25, 0.3) is 0 Å². The van der Waals surface area contributed by atoms with E-state index in [1.807, 2.05) is 39.0 Å². The van der Waals surface area contributed by atoms with Gasteiger partial charge in [0.15, 0.2) is 0 Å². The summed E-state index contributed by atoms with van der Waals surface area (Å²) in [5.41, 5.74) is 0.699. The van der Waals surface area contributed by atoms with Gasteiger partial charge in [-0.25, -0.2) is 0 Å². The molecule has 0 aromatic heterocycles. The van der Waals surface area contributed by atoms with E-state index in [0.29, 0.717) is 5.02 Å². The lowest BCUT2D eigenvalue weighted by atomic mass is 9.76. The smallest absolute Gasteiger partial charge is 0.313 e. The molecule has 0 heterocycles. The number of methoxy groups -OCH3 is 1. The minimum absolute atomic E-state index is 0.197. The predicted molar refractivity (Wildman–Crippen MR) is 65.7 cm³/mol. The molecule has 1 aromatic rings. The van der Waals surface area contributed by atoms with Crippen molar-refractivity contribution in [1.29, 1.82) is 0 Å². The molecule has 0 aliphatic carbocycles. The van der Waals surface area contributed by atoms with Crippen LogP contribution in [0.2, 0.25) is 5.02 Å². The Labute approximate surface area is 102 Å². The van der Waals surface area contributed by atoms with Gasteiger partial charge in [0.05, 0.1) is 13.0 Å². The highest BCUT2D eigenvalue weighted by molar-refractivity contribution is 6.30. The van der Waals surface area contributed by atoms with Gasteiger partial charge in [-0.3, -0.25) is 4.79 Å². The zero-order chi connectivity index (χ0) is 12.3. The molecule has 1 aromatic carbocycles. The third-order valence-electron chi connectivity index (χ3n) is 2.48. The number of carbonyl (C=O) groups is 1. The SMILES string of the molecule is COC(=O)C(c1cccc(Cl)c1)C(C)(C)C. The standard InChI is InChI=1S/C13H17ClO2/c1-13(2,3)11(12(15)16-4)9-6-5-7-10(14)8-9/h5-8,11H,1-4H3. The predicted octanol–water partition coefficient (Wildman–Crippen LogP) is 3.64. The van der Waals surface area contributed by atoms with Gasteiger partial charge in [-0.05, 0) is 23.1 Å². The topological polar surface area (TPSA) is 26.3 Å². The maximum Gasteiger partial charge on any atom is 0.313 e. The highest BCUT2D eigenvalue weighted by Gasteiger charge is 2.33. The van der Waals surface area contributed by atoms with Crippen LogP contribution in [-0.2, 0) is 9.53 Å². The maximum atomic E-state index is 11.8. The molecule has 3 heteroatoms. The number of rotatable bonds is 2. The van der Waals surface area contributed by atoms with Gasteiger partial charge in [0.2, 0.25) is 0 Å². The Morgan fingerprint density at radius 1 is 1.38 bits per heavy atom. The second-order valence-electron chi connectivity index (χ2n) is 4.88. The number of carbonyl (C=O) groups excluding carboxylic acids is 1. The Morgan fingerprint density at radius 3 is 2.44 bits per heavy atom.